The topological polar surface area (TPSA) is 75.6 Å². The maximum absolute atomic E-state index is 11.6. The molecule has 5 nitrogen and oxygen atoms in total. The molecule has 1 unspecified atom stereocenters. The van der Waals surface area contributed by atoms with E-state index in [1.807, 2.05) is 4.90 Å². The van der Waals surface area contributed by atoms with Crippen molar-refractivity contribution in [1.29, 1.82) is 0 Å². The molecule has 0 aromatic carbocycles. The average molecular weight is 238 g/mol. The SMILES string of the molecule is C#CC1CC(=O)N(CCN(CCN)CCN)C1. The van der Waals surface area contributed by atoms with Crippen LogP contribution >= 0.6 is 0 Å². The summed E-state index contributed by atoms with van der Waals surface area (Å²) in [5.41, 5.74) is 11.0. The smallest absolute Gasteiger partial charge is 0.223 e. The number of rotatable bonds is 7. The summed E-state index contributed by atoms with van der Waals surface area (Å²) in [5.74, 6) is 2.89. The highest BCUT2D eigenvalue weighted by Gasteiger charge is 2.27. The van der Waals surface area contributed by atoms with Crippen molar-refractivity contribution in [2.45, 2.75) is 6.42 Å². The Morgan fingerprint density at radius 3 is 2.47 bits per heavy atom. The van der Waals surface area contributed by atoms with Gasteiger partial charge in [0, 0.05) is 58.2 Å². The number of amides is 1. The minimum Gasteiger partial charge on any atom is -0.340 e. The second-order valence-corrected chi connectivity index (χ2v) is 4.33. The molecule has 0 bridgehead atoms. The first-order chi connectivity index (χ1) is 8.21. The van der Waals surface area contributed by atoms with Crippen LogP contribution in [0.2, 0.25) is 0 Å². The van der Waals surface area contributed by atoms with E-state index in [2.05, 4.69) is 10.8 Å². The Bertz CT molecular complexity index is 281. The van der Waals surface area contributed by atoms with Crippen molar-refractivity contribution < 1.29 is 4.79 Å². The van der Waals surface area contributed by atoms with E-state index in [-0.39, 0.29) is 11.8 Å². The fourth-order valence-electron chi connectivity index (χ4n) is 2.06. The lowest BCUT2D eigenvalue weighted by molar-refractivity contribution is -0.127. The van der Waals surface area contributed by atoms with Crippen molar-refractivity contribution in [2.75, 3.05) is 45.8 Å². The number of hydrogen-bond acceptors (Lipinski definition) is 4. The summed E-state index contributed by atoms with van der Waals surface area (Å²) in [7, 11) is 0. The summed E-state index contributed by atoms with van der Waals surface area (Å²) in [6.45, 7) is 5.08. The van der Waals surface area contributed by atoms with E-state index in [1.165, 1.54) is 0 Å². The van der Waals surface area contributed by atoms with Gasteiger partial charge in [0.25, 0.3) is 0 Å². The summed E-state index contributed by atoms with van der Waals surface area (Å²) < 4.78 is 0. The molecule has 0 aromatic heterocycles. The molecule has 0 spiro atoms. The Hall–Kier alpha value is -1.09. The van der Waals surface area contributed by atoms with Crippen LogP contribution in [-0.4, -0.2) is 61.5 Å². The molecule has 1 saturated heterocycles. The molecular weight excluding hydrogens is 216 g/mol. The van der Waals surface area contributed by atoms with Crippen LogP contribution in [0.3, 0.4) is 0 Å². The van der Waals surface area contributed by atoms with Gasteiger partial charge in [-0.1, -0.05) is 0 Å². The van der Waals surface area contributed by atoms with E-state index in [0.29, 0.717) is 26.1 Å². The van der Waals surface area contributed by atoms with Crippen LogP contribution in [0.25, 0.3) is 0 Å². The molecule has 0 aliphatic carbocycles. The standard InChI is InChI=1S/C12H22N4O/c1-2-11-9-12(17)16(10-11)8-7-15(5-3-13)6-4-14/h1,11H,3-10,13-14H2. The fraction of sp³-hybridized carbons (Fsp3) is 0.750. The second-order valence-electron chi connectivity index (χ2n) is 4.33. The molecule has 1 aliphatic heterocycles. The van der Waals surface area contributed by atoms with Gasteiger partial charge in [-0.15, -0.1) is 12.3 Å². The number of nitrogens with zero attached hydrogens (tertiary/aromatic N) is 2. The summed E-state index contributed by atoms with van der Waals surface area (Å²) in [4.78, 5) is 15.6. The molecule has 0 aromatic rings. The van der Waals surface area contributed by atoms with Crippen molar-refractivity contribution in [3.8, 4) is 12.3 Å². The van der Waals surface area contributed by atoms with E-state index < -0.39 is 0 Å². The largest absolute Gasteiger partial charge is 0.340 e. The van der Waals surface area contributed by atoms with Gasteiger partial charge in [-0.25, -0.2) is 0 Å². The fourth-order valence-corrected chi connectivity index (χ4v) is 2.06. The third-order valence-electron chi connectivity index (χ3n) is 3.03. The molecule has 1 aliphatic rings. The molecule has 96 valence electrons. The summed E-state index contributed by atoms with van der Waals surface area (Å²) in [6.07, 6.45) is 5.83. The normalized spacial score (nSPS) is 20.0. The molecule has 1 amide bonds. The van der Waals surface area contributed by atoms with Crippen molar-refractivity contribution >= 4 is 5.91 Å². The predicted octanol–water partition coefficient (Wildman–Crippen LogP) is -1.31. The summed E-state index contributed by atoms with van der Waals surface area (Å²) in [5, 5.41) is 0. The van der Waals surface area contributed by atoms with Gasteiger partial charge in [0.15, 0.2) is 0 Å². The van der Waals surface area contributed by atoms with Crippen LogP contribution in [0, 0.1) is 18.3 Å². The molecule has 4 N–H and O–H groups in total. The first-order valence-electron chi connectivity index (χ1n) is 6.07. The van der Waals surface area contributed by atoms with E-state index in [4.69, 9.17) is 17.9 Å². The third kappa shape index (κ3) is 4.35. The zero-order valence-corrected chi connectivity index (χ0v) is 10.3. The van der Waals surface area contributed by atoms with Crippen LogP contribution in [0.1, 0.15) is 6.42 Å². The summed E-state index contributed by atoms with van der Waals surface area (Å²) >= 11 is 0. The monoisotopic (exact) mass is 238 g/mol. The van der Waals surface area contributed by atoms with Crippen molar-refractivity contribution in [3.63, 3.8) is 0 Å². The zero-order chi connectivity index (χ0) is 12.7. The number of carbonyl (C=O) groups excluding carboxylic acids is 1. The number of hydrogen-bond donors (Lipinski definition) is 2. The maximum Gasteiger partial charge on any atom is 0.223 e. The highest BCUT2D eigenvalue weighted by molar-refractivity contribution is 5.79. The molecule has 1 heterocycles. The Morgan fingerprint density at radius 2 is 2.00 bits per heavy atom. The lowest BCUT2D eigenvalue weighted by atomic mass is 10.1. The van der Waals surface area contributed by atoms with Crippen LogP contribution < -0.4 is 11.5 Å². The van der Waals surface area contributed by atoms with Gasteiger partial charge in [-0.3, -0.25) is 9.69 Å². The predicted molar refractivity (Wildman–Crippen MR) is 68.1 cm³/mol. The molecule has 0 saturated carbocycles. The Balaban J connectivity index is 2.34. The van der Waals surface area contributed by atoms with Crippen molar-refractivity contribution in [1.82, 2.24) is 9.80 Å². The van der Waals surface area contributed by atoms with Gasteiger partial charge in [0.2, 0.25) is 5.91 Å². The minimum absolute atomic E-state index is 0.0833. The average Bonchev–Trinajstić information content (AvgIpc) is 2.68. The minimum atomic E-state index is 0.0833. The highest BCUT2D eigenvalue weighted by Crippen LogP contribution is 2.16. The second kappa shape index (κ2) is 7.28. The van der Waals surface area contributed by atoms with E-state index in [0.717, 1.165) is 26.2 Å². The van der Waals surface area contributed by atoms with Crippen LogP contribution in [0.5, 0.6) is 0 Å². The van der Waals surface area contributed by atoms with Gasteiger partial charge in [-0.05, 0) is 0 Å². The first kappa shape index (κ1) is 14.0. The molecule has 17 heavy (non-hydrogen) atoms. The highest BCUT2D eigenvalue weighted by atomic mass is 16.2. The molecule has 1 fully saturated rings. The van der Waals surface area contributed by atoms with E-state index in [9.17, 15) is 4.79 Å². The van der Waals surface area contributed by atoms with Crippen LogP contribution in [0.15, 0.2) is 0 Å². The third-order valence-corrected chi connectivity index (χ3v) is 3.03. The maximum atomic E-state index is 11.6. The van der Waals surface area contributed by atoms with E-state index >= 15 is 0 Å². The van der Waals surface area contributed by atoms with Gasteiger partial charge < -0.3 is 16.4 Å². The number of nitrogens with two attached hydrogens (primary N) is 2. The summed E-state index contributed by atoms with van der Waals surface area (Å²) in [6, 6.07) is 0. The zero-order valence-electron chi connectivity index (χ0n) is 10.3. The van der Waals surface area contributed by atoms with Crippen molar-refractivity contribution in [3.05, 3.63) is 0 Å². The quantitative estimate of drug-likeness (QED) is 0.540. The van der Waals surface area contributed by atoms with Crippen molar-refractivity contribution in [2.24, 2.45) is 17.4 Å². The molecule has 1 rings (SSSR count). The first-order valence-corrected chi connectivity index (χ1v) is 6.07. The number of terminal acetylenes is 1. The van der Waals surface area contributed by atoms with Crippen LogP contribution in [0.4, 0.5) is 0 Å². The van der Waals surface area contributed by atoms with Gasteiger partial charge in [0.1, 0.15) is 0 Å². The van der Waals surface area contributed by atoms with E-state index in [1.54, 1.807) is 0 Å². The Labute approximate surface area is 103 Å². The van der Waals surface area contributed by atoms with Gasteiger partial charge >= 0.3 is 0 Å². The lowest BCUT2D eigenvalue weighted by Crippen LogP contribution is -2.40. The van der Waals surface area contributed by atoms with Crippen LogP contribution in [-0.2, 0) is 4.79 Å². The van der Waals surface area contributed by atoms with Gasteiger partial charge in [-0.2, -0.15) is 0 Å². The molecule has 5 heteroatoms. The van der Waals surface area contributed by atoms with Gasteiger partial charge in [0.05, 0.1) is 0 Å². The Morgan fingerprint density at radius 1 is 1.35 bits per heavy atom. The Kier molecular flexibility index (Phi) is 5.98. The molecule has 1 atom stereocenters. The molecule has 0 radical (unpaired) electrons. The molecular formula is C12H22N4O. The lowest BCUT2D eigenvalue weighted by Gasteiger charge is -2.24. The number of likely N-dealkylation sites (tertiary alicyclic amines) is 1. The number of carbonyl (C=O) groups is 1.